The molecule has 2 unspecified atom stereocenters. The number of hydrogen-bond acceptors (Lipinski definition) is 7. The number of amides is 2. The number of carbonyl (C=O) groups is 1. The average Bonchev–Trinajstić information content (AvgIpc) is 3.75. The number of anilines is 2. The van der Waals surface area contributed by atoms with Gasteiger partial charge in [0.1, 0.15) is 10.7 Å². The van der Waals surface area contributed by atoms with Crippen molar-refractivity contribution in [3.05, 3.63) is 107 Å². The van der Waals surface area contributed by atoms with Gasteiger partial charge in [-0.3, -0.25) is 9.62 Å². The largest absolute Gasteiger partial charge is 0.324 e. The fraction of sp³-hybridized carbons (Fsp3) is 0.371. The van der Waals surface area contributed by atoms with Gasteiger partial charge in [-0.1, -0.05) is 50.6 Å². The second-order valence-corrected chi connectivity index (χ2v) is 16.5. The Morgan fingerprint density at radius 1 is 1.02 bits per heavy atom. The van der Waals surface area contributed by atoms with E-state index in [0.717, 1.165) is 49.0 Å². The number of nitrogens with zero attached hydrogens (tertiary/aromatic N) is 4. The average molecular weight is 672 g/mol. The summed E-state index contributed by atoms with van der Waals surface area (Å²) in [4.78, 5) is 13.5. The molecule has 2 aromatic carbocycles. The molecular formula is C35H41N7O3S2. The SMILES string of the molecule is Cc1ccc(-n2nc(C(C)(C)C)cc2NC(=O)Nc2ccc(CC3CC4CCC(C3)N4S(=O)(=O)C3=CC=CN4SNC=C34)cc2)cc1. The summed E-state index contributed by atoms with van der Waals surface area (Å²) in [5, 5.41) is 10.8. The second kappa shape index (κ2) is 12.2. The summed E-state index contributed by atoms with van der Waals surface area (Å²) < 4.78 is 36.2. The number of allylic oxidation sites excluding steroid dienone is 2. The Hall–Kier alpha value is -4.00. The van der Waals surface area contributed by atoms with Gasteiger partial charge in [-0.2, -0.15) is 9.40 Å². The predicted octanol–water partition coefficient (Wildman–Crippen LogP) is 6.96. The van der Waals surface area contributed by atoms with Crippen molar-refractivity contribution >= 4 is 39.7 Å². The van der Waals surface area contributed by atoms with Crippen LogP contribution in [0.4, 0.5) is 16.3 Å². The van der Waals surface area contributed by atoms with E-state index < -0.39 is 10.0 Å². The third-order valence-corrected chi connectivity index (χ3v) is 12.1. The first kappa shape index (κ1) is 31.6. The molecule has 1 aromatic heterocycles. The highest BCUT2D eigenvalue weighted by Gasteiger charge is 2.49. The molecule has 12 heteroatoms. The Labute approximate surface area is 281 Å². The molecule has 4 aliphatic rings. The maximum atomic E-state index is 13.9. The number of benzene rings is 2. The molecule has 7 rings (SSSR count). The maximum absolute atomic E-state index is 13.9. The zero-order valence-corrected chi connectivity index (χ0v) is 28.7. The van der Waals surface area contributed by atoms with Gasteiger partial charge >= 0.3 is 6.03 Å². The fourth-order valence-electron chi connectivity index (χ4n) is 7.03. The van der Waals surface area contributed by atoms with Crippen molar-refractivity contribution in [3.8, 4) is 5.69 Å². The monoisotopic (exact) mass is 671 g/mol. The molecule has 246 valence electrons. The summed E-state index contributed by atoms with van der Waals surface area (Å²) >= 11 is 1.37. The number of piperidine rings is 1. The van der Waals surface area contributed by atoms with Gasteiger partial charge in [-0.25, -0.2) is 17.9 Å². The van der Waals surface area contributed by atoms with Crippen molar-refractivity contribution in [2.45, 2.75) is 77.3 Å². The molecule has 4 aliphatic heterocycles. The molecule has 47 heavy (non-hydrogen) atoms. The van der Waals surface area contributed by atoms with E-state index >= 15 is 0 Å². The number of sulfonamides is 1. The summed E-state index contributed by atoms with van der Waals surface area (Å²) in [5.74, 6) is 1.000. The van der Waals surface area contributed by atoms with Gasteiger partial charge < -0.3 is 10.0 Å². The molecule has 0 aliphatic carbocycles. The number of fused-ring (bicyclic) bond motifs is 3. The van der Waals surface area contributed by atoms with E-state index in [9.17, 15) is 13.2 Å². The van der Waals surface area contributed by atoms with Crippen LogP contribution in [-0.2, 0) is 21.9 Å². The zero-order chi connectivity index (χ0) is 32.9. The highest BCUT2D eigenvalue weighted by molar-refractivity contribution is 7.96. The summed E-state index contributed by atoms with van der Waals surface area (Å²) in [6.45, 7) is 8.33. The van der Waals surface area contributed by atoms with Crippen LogP contribution in [0.2, 0.25) is 0 Å². The van der Waals surface area contributed by atoms with Gasteiger partial charge in [0.15, 0.2) is 0 Å². The lowest BCUT2D eigenvalue weighted by Crippen LogP contribution is -2.47. The third kappa shape index (κ3) is 6.33. The van der Waals surface area contributed by atoms with Crippen LogP contribution in [0.5, 0.6) is 0 Å². The second-order valence-electron chi connectivity index (χ2n) is 13.9. The molecular weight excluding hydrogens is 631 g/mol. The van der Waals surface area contributed by atoms with Crippen LogP contribution in [0.25, 0.3) is 5.69 Å². The Balaban J connectivity index is 0.982. The maximum Gasteiger partial charge on any atom is 0.324 e. The third-order valence-electron chi connectivity index (χ3n) is 9.36. The minimum atomic E-state index is -3.61. The molecule has 2 fully saturated rings. The molecule has 5 heterocycles. The molecule has 2 atom stereocenters. The number of urea groups is 1. The van der Waals surface area contributed by atoms with E-state index in [1.165, 1.54) is 17.7 Å². The van der Waals surface area contributed by atoms with Crippen molar-refractivity contribution < 1.29 is 13.2 Å². The first-order valence-electron chi connectivity index (χ1n) is 16.1. The first-order chi connectivity index (χ1) is 22.5. The van der Waals surface area contributed by atoms with Crippen LogP contribution in [0.15, 0.2) is 89.8 Å². The standard InChI is InChI=1S/C35H41N7O3S2/c1-23-7-13-27(14-8-23)41-33(21-32(39-41)35(2,3)4)38-34(43)37-26-11-9-24(10-12-26)18-25-19-28-15-16-29(20-25)42(28)47(44,45)31-6-5-17-40-30(31)22-36-46-40/h5-14,17,21-22,25,28-29,36H,15-16,18-20H2,1-4H3,(H2,37,38,43). The summed E-state index contributed by atoms with van der Waals surface area (Å²) in [7, 11) is -3.61. The number of aryl methyl sites for hydroxylation is 1. The van der Waals surface area contributed by atoms with E-state index in [1.807, 2.05) is 59.9 Å². The van der Waals surface area contributed by atoms with Crippen LogP contribution in [-0.4, -0.2) is 44.9 Å². The van der Waals surface area contributed by atoms with Gasteiger partial charge in [-0.05, 0) is 86.9 Å². The predicted molar refractivity (Wildman–Crippen MR) is 188 cm³/mol. The first-order valence-corrected chi connectivity index (χ1v) is 18.4. The lowest BCUT2D eigenvalue weighted by molar-refractivity contribution is 0.191. The smallest absolute Gasteiger partial charge is 0.316 e. The molecule has 3 aromatic rings. The van der Waals surface area contributed by atoms with Gasteiger partial charge in [0, 0.05) is 41.7 Å². The molecule has 3 N–H and O–H groups in total. The number of rotatable bonds is 7. The highest BCUT2D eigenvalue weighted by Crippen LogP contribution is 2.45. The fourth-order valence-corrected chi connectivity index (χ4v) is 9.81. The van der Waals surface area contributed by atoms with E-state index in [0.29, 0.717) is 28.0 Å². The number of nitrogens with one attached hydrogen (secondary N) is 3. The van der Waals surface area contributed by atoms with E-state index in [4.69, 9.17) is 5.10 Å². The van der Waals surface area contributed by atoms with Gasteiger partial charge in [0.25, 0.3) is 0 Å². The molecule has 2 saturated heterocycles. The van der Waals surface area contributed by atoms with Gasteiger partial charge in [0.2, 0.25) is 10.0 Å². The normalized spacial score (nSPS) is 22.4. The summed E-state index contributed by atoms with van der Waals surface area (Å²) in [6.07, 6.45) is 11.5. The highest BCUT2D eigenvalue weighted by atomic mass is 32.2. The molecule has 2 amide bonds. The van der Waals surface area contributed by atoms with Crippen molar-refractivity contribution in [2.75, 3.05) is 10.6 Å². The van der Waals surface area contributed by atoms with Crippen molar-refractivity contribution in [1.82, 2.24) is 23.1 Å². The molecule has 0 radical (unpaired) electrons. The van der Waals surface area contributed by atoms with Crippen LogP contribution in [0, 0.1) is 12.8 Å². The Morgan fingerprint density at radius 3 is 2.40 bits per heavy atom. The quantitative estimate of drug-likeness (QED) is 0.233. The van der Waals surface area contributed by atoms with E-state index in [2.05, 4.69) is 48.3 Å². The van der Waals surface area contributed by atoms with Gasteiger partial charge in [-0.15, -0.1) is 0 Å². The summed E-state index contributed by atoms with van der Waals surface area (Å²) in [5.41, 5.74) is 5.29. The molecule has 10 nitrogen and oxygen atoms in total. The van der Waals surface area contributed by atoms with Crippen molar-refractivity contribution in [2.24, 2.45) is 5.92 Å². The van der Waals surface area contributed by atoms with Crippen LogP contribution in [0.1, 0.15) is 63.3 Å². The van der Waals surface area contributed by atoms with E-state index in [-0.39, 0.29) is 23.5 Å². The number of hydrogen-bond donors (Lipinski definition) is 3. The van der Waals surface area contributed by atoms with Crippen LogP contribution < -0.4 is 15.4 Å². The summed E-state index contributed by atoms with van der Waals surface area (Å²) in [6, 6.07) is 17.6. The Bertz CT molecular complexity index is 1860. The van der Waals surface area contributed by atoms with E-state index in [1.54, 1.807) is 27.3 Å². The lowest BCUT2D eigenvalue weighted by Gasteiger charge is -2.39. The van der Waals surface area contributed by atoms with Gasteiger partial charge in [0.05, 0.1) is 29.2 Å². The lowest BCUT2D eigenvalue weighted by atomic mass is 9.87. The Morgan fingerprint density at radius 2 is 1.72 bits per heavy atom. The number of carbonyl (C=O) groups excluding carboxylic acids is 1. The van der Waals surface area contributed by atoms with Crippen LogP contribution >= 0.6 is 12.1 Å². The Kier molecular flexibility index (Phi) is 8.22. The topological polar surface area (TPSA) is 112 Å². The molecule has 2 bridgehead atoms. The number of aromatic nitrogens is 2. The zero-order valence-electron chi connectivity index (χ0n) is 27.1. The molecule has 0 spiro atoms. The minimum Gasteiger partial charge on any atom is -0.316 e. The molecule has 0 saturated carbocycles. The van der Waals surface area contributed by atoms with Crippen molar-refractivity contribution in [1.29, 1.82) is 0 Å². The minimum absolute atomic E-state index is 0.0170. The van der Waals surface area contributed by atoms with Crippen LogP contribution in [0.3, 0.4) is 0 Å². The van der Waals surface area contributed by atoms with Crippen molar-refractivity contribution in [3.63, 3.8) is 0 Å².